The summed E-state index contributed by atoms with van der Waals surface area (Å²) >= 11 is 0. The van der Waals surface area contributed by atoms with Crippen LogP contribution in [0.2, 0.25) is 0 Å². The number of hydrogen-bond donors (Lipinski definition) is 2. The van der Waals surface area contributed by atoms with E-state index in [1.165, 1.54) is 0 Å². The standard InChI is InChI=1S/C20H29N3O5/c1-4-27-16-7-5-15(6-8-16)22-18(24)12-23-10-9-21-20(26)17(23)11-19(25)28-13-14(2)3/h5-8,14,17H,4,9-13H2,1-3H3,(H,21,26)(H,22,24). The lowest BCUT2D eigenvalue weighted by molar-refractivity contribution is -0.149. The van der Waals surface area contributed by atoms with Crippen molar-refractivity contribution in [3.8, 4) is 5.75 Å². The highest BCUT2D eigenvalue weighted by Crippen LogP contribution is 2.16. The van der Waals surface area contributed by atoms with Gasteiger partial charge in [0.15, 0.2) is 0 Å². The first kappa shape index (κ1) is 21.7. The number of piperazine rings is 1. The number of benzene rings is 1. The molecule has 28 heavy (non-hydrogen) atoms. The Balaban J connectivity index is 1.92. The average molecular weight is 391 g/mol. The molecule has 2 amide bonds. The van der Waals surface area contributed by atoms with E-state index < -0.39 is 12.0 Å². The summed E-state index contributed by atoms with van der Waals surface area (Å²) in [5.74, 6) is 0.00185. The Morgan fingerprint density at radius 3 is 2.64 bits per heavy atom. The molecule has 2 rings (SSSR count). The lowest BCUT2D eigenvalue weighted by atomic mass is 10.1. The van der Waals surface area contributed by atoms with E-state index >= 15 is 0 Å². The number of anilines is 1. The molecule has 1 aliphatic heterocycles. The van der Waals surface area contributed by atoms with Crippen molar-refractivity contribution in [2.75, 3.05) is 38.2 Å². The van der Waals surface area contributed by atoms with Gasteiger partial charge >= 0.3 is 5.97 Å². The lowest BCUT2D eigenvalue weighted by Gasteiger charge is -2.33. The molecular formula is C20H29N3O5. The molecule has 1 aliphatic rings. The minimum atomic E-state index is -0.709. The lowest BCUT2D eigenvalue weighted by Crippen LogP contribution is -2.57. The summed E-state index contributed by atoms with van der Waals surface area (Å²) < 4.78 is 10.6. The molecule has 1 aromatic rings. The minimum Gasteiger partial charge on any atom is -0.494 e. The summed E-state index contributed by atoms with van der Waals surface area (Å²) in [7, 11) is 0. The van der Waals surface area contributed by atoms with Gasteiger partial charge in [0.2, 0.25) is 11.8 Å². The number of rotatable bonds is 9. The average Bonchev–Trinajstić information content (AvgIpc) is 2.64. The molecule has 1 fully saturated rings. The Kier molecular flexibility index (Phi) is 8.25. The zero-order valence-electron chi connectivity index (χ0n) is 16.7. The van der Waals surface area contributed by atoms with Gasteiger partial charge in [0.05, 0.1) is 26.2 Å². The smallest absolute Gasteiger partial charge is 0.307 e. The number of amides is 2. The number of nitrogens with one attached hydrogen (secondary N) is 2. The third-order valence-corrected chi connectivity index (χ3v) is 4.18. The Hall–Kier alpha value is -2.61. The van der Waals surface area contributed by atoms with E-state index in [-0.39, 0.29) is 30.7 Å². The first-order chi connectivity index (χ1) is 13.4. The van der Waals surface area contributed by atoms with E-state index in [2.05, 4.69) is 10.6 Å². The maximum Gasteiger partial charge on any atom is 0.307 e. The number of carbonyl (C=O) groups excluding carboxylic acids is 3. The van der Waals surface area contributed by atoms with Gasteiger partial charge in [-0.3, -0.25) is 19.3 Å². The van der Waals surface area contributed by atoms with Gasteiger partial charge in [0.25, 0.3) is 0 Å². The summed E-state index contributed by atoms with van der Waals surface area (Å²) in [4.78, 5) is 38.4. The third kappa shape index (κ3) is 6.84. The predicted octanol–water partition coefficient (Wildman–Crippen LogP) is 1.41. The van der Waals surface area contributed by atoms with Crippen molar-refractivity contribution in [1.29, 1.82) is 0 Å². The van der Waals surface area contributed by atoms with Gasteiger partial charge in [-0.05, 0) is 37.1 Å². The van der Waals surface area contributed by atoms with E-state index in [4.69, 9.17) is 9.47 Å². The molecule has 8 nitrogen and oxygen atoms in total. The molecule has 1 atom stereocenters. The van der Waals surface area contributed by atoms with E-state index in [1.54, 1.807) is 29.2 Å². The minimum absolute atomic E-state index is 0.0166. The molecule has 0 aliphatic carbocycles. The van der Waals surface area contributed by atoms with Crippen LogP contribution in [0.3, 0.4) is 0 Å². The Bertz CT molecular complexity index is 675. The van der Waals surface area contributed by atoms with E-state index in [1.807, 2.05) is 20.8 Å². The Morgan fingerprint density at radius 1 is 1.29 bits per heavy atom. The van der Waals surface area contributed by atoms with Crippen molar-refractivity contribution < 1.29 is 23.9 Å². The van der Waals surface area contributed by atoms with Crippen LogP contribution in [0.4, 0.5) is 5.69 Å². The molecule has 1 saturated heterocycles. The van der Waals surface area contributed by atoms with Crippen LogP contribution in [-0.4, -0.2) is 61.6 Å². The van der Waals surface area contributed by atoms with Crippen molar-refractivity contribution in [1.82, 2.24) is 10.2 Å². The second kappa shape index (κ2) is 10.7. The van der Waals surface area contributed by atoms with Crippen LogP contribution in [0.5, 0.6) is 5.75 Å². The van der Waals surface area contributed by atoms with Crippen LogP contribution in [0.1, 0.15) is 27.2 Å². The fourth-order valence-corrected chi connectivity index (χ4v) is 2.84. The molecule has 1 heterocycles. The van der Waals surface area contributed by atoms with Gasteiger partial charge in [-0.1, -0.05) is 13.8 Å². The van der Waals surface area contributed by atoms with Crippen LogP contribution >= 0.6 is 0 Å². The maximum atomic E-state index is 12.4. The van der Waals surface area contributed by atoms with Crippen LogP contribution in [0.25, 0.3) is 0 Å². The van der Waals surface area contributed by atoms with Crippen LogP contribution < -0.4 is 15.4 Å². The predicted molar refractivity (Wildman–Crippen MR) is 105 cm³/mol. The summed E-state index contributed by atoms with van der Waals surface area (Å²) in [6, 6.07) is 6.36. The van der Waals surface area contributed by atoms with Crippen LogP contribution in [-0.2, 0) is 19.1 Å². The Labute approximate surface area is 165 Å². The van der Waals surface area contributed by atoms with Gasteiger partial charge in [0.1, 0.15) is 11.8 Å². The van der Waals surface area contributed by atoms with Gasteiger partial charge in [-0.15, -0.1) is 0 Å². The zero-order chi connectivity index (χ0) is 20.5. The van der Waals surface area contributed by atoms with Gasteiger partial charge in [0, 0.05) is 18.8 Å². The summed E-state index contributed by atoms with van der Waals surface area (Å²) in [6.45, 7) is 7.62. The quantitative estimate of drug-likeness (QED) is 0.618. The second-order valence-corrected chi connectivity index (χ2v) is 7.06. The van der Waals surface area contributed by atoms with Crippen molar-refractivity contribution in [3.63, 3.8) is 0 Å². The highest BCUT2D eigenvalue weighted by molar-refractivity contribution is 5.93. The number of nitrogens with zero attached hydrogens (tertiary/aromatic N) is 1. The molecule has 0 aromatic heterocycles. The summed E-state index contributed by atoms with van der Waals surface area (Å²) in [5.41, 5.74) is 0.641. The van der Waals surface area contributed by atoms with Crippen LogP contribution in [0.15, 0.2) is 24.3 Å². The number of carbonyl (C=O) groups is 3. The molecule has 8 heteroatoms. The molecule has 2 N–H and O–H groups in total. The van der Waals surface area contributed by atoms with Crippen LogP contribution in [0, 0.1) is 5.92 Å². The molecule has 0 bridgehead atoms. The summed E-state index contributed by atoms with van der Waals surface area (Å²) in [5, 5.41) is 5.54. The zero-order valence-corrected chi connectivity index (χ0v) is 16.7. The number of esters is 1. The monoisotopic (exact) mass is 391 g/mol. The van der Waals surface area contributed by atoms with Gasteiger partial charge in [-0.2, -0.15) is 0 Å². The topological polar surface area (TPSA) is 97.0 Å². The highest BCUT2D eigenvalue weighted by atomic mass is 16.5. The fourth-order valence-electron chi connectivity index (χ4n) is 2.84. The van der Waals surface area contributed by atoms with E-state index in [0.717, 1.165) is 5.75 Å². The normalized spacial score (nSPS) is 17.1. The van der Waals surface area contributed by atoms with E-state index in [0.29, 0.717) is 32.0 Å². The first-order valence-corrected chi connectivity index (χ1v) is 9.59. The van der Waals surface area contributed by atoms with Gasteiger partial charge < -0.3 is 20.1 Å². The molecular weight excluding hydrogens is 362 g/mol. The SMILES string of the molecule is CCOc1ccc(NC(=O)CN2CCNC(=O)C2CC(=O)OCC(C)C)cc1. The molecule has 1 unspecified atom stereocenters. The van der Waals surface area contributed by atoms with Crippen molar-refractivity contribution in [2.24, 2.45) is 5.92 Å². The molecule has 154 valence electrons. The molecule has 0 spiro atoms. The highest BCUT2D eigenvalue weighted by Gasteiger charge is 2.33. The number of hydrogen-bond acceptors (Lipinski definition) is 6. The largest absolute Gasteiger partial charge is 0.494 e. The Morgan fingerprint density at radius 2 is 2.00 bits per heavy atom. The summed E-state index contributed by atoms with van der Waals surface area (Å²) in [6.07, 6.45) is -0.0745. The van der Waals surface area contributed by atoms with Crippen molar-refractivity contribution >= 4 is 23.5 Å². The molecule has 0 radical (unpaired) electrons. The first-order valence-electron chi connectivity index (χ1n) is 9.59. The van der Waals surface area contributed by atoms with E-state index in [9.17, 15) is 14.4 Å². The van der Waals surface area contributed by atoms with Gasteiger partial charge in [-0.25, -0.2) is 0 Å². The molecule has 0 saturated carbocycles. The fraction of sp³-hybridized carbons (Fsp3) is 0.550. The van der Waals surface area contributed by atoms with Crippen molar-refractivity contribution in [3.05, 3.63) is 24.3 Å². The number of ether oxygens (including phenoxy) is 2. The third-order valence-electron chi connectivity index (χ3n) is 4.18. The second-order valence-electron chi connectivity index (χ2n) is 7.06. The maximum absolute atomic E-state index is 12.4. The molecule has 1 aromatic carbocycles. The van der Waals surface area contributed by atoms with Crippen molar-refractivity contribution in [2.45, 2.75) is 33.2 Å².